The standard InChI is InChI=1S/C26H23F7N8O3/c1-12(37-19-8-36-39-23(43)20(19)26(31,32)33)3-2-4-40-11-35-18-6-14(17(27)5-15(18)24(40)44)21-34-7-16(25(28,29)30)22(38-21)41-9-13(42)10-41/h5-8,11-13,42H,2-4,9-10H2,1H3,(H2,37,39,43). The van der Waals surface area contributed by atoms with Crippen molar-refractivity contribution in [3.05, 3.63) is 68.5 Å². The number of aliphatic hydroxyl groups is 1. The first kappa shape index (κ1) is 30.8. The van der Waals surface area contributed by atoms with Gasteiger partial charge < -0.3 is 15.3 Å². The molecule has 11 nitrogen and oxygen atoms in total. The minimum absolute atomic E-state index is 0.0311. The highest BCUT2D eigenvalue weighted by molar-refractivity contribution is 5.82. The highest BCUT2D eigenvalue weighted by Crippen LogP contribution is 2.38. The Labute approximate surface area is 242 Å². The van der Waals surface area contributed by atoms with E-state index in [9.17, 15) is 41.0 Å². The fourth-order valence-electron chi connectivity index (χ4n) is 4.78. The third-order valence-electron chi connectivity index (χ3n) is 6.97. The SMILES string of the molecule is CC(CCCn1cnc2cc(-c3ncc(C(F)(F)F)c(N4CC(O)C4)n3)c(F)cc2c1=O)Nc1cn[nH]c(=O)c1C(F)(F)F. The van der Waals surface area contributed by atoms with E-state index in [0.717, 1.165) is 18.3 Å². The Balaban J connectivity index is 1.33. The highest BCUT2D eigenvalue weighted by Gasteiger charge is 2.40. The Kier molecular flexibility index (Phi) is 8.04. The number of benzene rings is 1. The van der Waals surface area contributed by atoms with E-state index in [4.69, 9.17) is 0 Å². The second-order valence-electron chi connectivity index (χ2n) is 10.3. The Morgan fingerprint density at radius 3 is 2.48 bits per heavy atom. The summed E-state index contributed by atoms with van der Waals surface area (Å²) in [5.74, 6) is -1.86. The zero-order chi connectivity index (χ0) is 32.0. The monoisotopic (exact) mass is 628 g/mol. The lowest BCUT2D eigenvalue weighted by atomic mass is 10.1. The number of H-pyrrole nitrogens is 1. The summed E-state index contributed by atoms with van der Waals surface area (Å²) in [4.78, 5) is 37.7. The van der Waals surface area contributed by atoms with Crippen LogP contribution < -0.4 is 21.3 Å². The van der Waals surface area contributed by atoms with Gasteiger partial charge >= 0.3 is 12.4 Å². The molecule has 1 unspecified atom stereocenters. The molecule has 4 heterocycles. The molecule has 0 aliphatic carbocycles. The number of nitrogens with zero attached hydrogens (tertiary/aromatic N) is 6. The molecule has 1 aromatic carbocycles. The molecule has 0 spiro atoms. The van der Waals surface area contributed by atoms with Gasteiger partial charge in [-0.05, 0) is 31.9 Å². The molecule has 1 aliphatic heterocycles. The van der Waals surface area contributed by atoms with Gasteiger partial charge in [0.1, 0.15) is 22.8 Å². The van der Waals surface area contributed by atoms with Gasteiger partial charge in [-0.2, -0.15) is 31.4 Å². The number of β-amino-alcohol motifs (C(OH)–C–C–N with tert-alkyl or cyclic N) is 1. The molecule has 0 bridgehead atoms. The van der Waals surface area contributed by atoms with E-state index < -0.39 is 64.1 Å². The summed E-state index contributed by atoms with van der Waals surface area (Å²) >= 11 is 0. The van der Waals surface area contributed by atoms with E-state index in [1.807, 2.05) is 0 Å². The van der Waals surface area contributed by atoms with Crippen LogP contribution in [0, 0.1) is 5.82 Å². The lowest BCUT2D eigenvalue weighted by Gasteiger charge is -2.38. The predicted octanol–water partition coefficient (Wildman–Crippen LogP) is 3.58. The molecular weight excluding hydrogens is 605 g/mol. The molecular formula is C26H23F7N8O3. The molecule has 4 aromatic rings. The van der Waals surface area contributed by atoms with Crippen LogP contribution in [0.4, 0.5) is 42.2 Å². The van der Waals surface area contributed by atoms with Crippen molar-refractivity contribution in [3.8, 4) is 11.4 Å². The summed E-state index contributed by atoms with van der Waals surface area (Å²) in [5.41, 5.74) is -5.31. The Morgan fingerprint density at radius 2 is 1.82 bits per heavy atom. The minimum atomic E-state index is -4.91. The van der Waals surface area contributed by atoms with Gasteiger partial charge in [-0.1, -0.05) is 0 Å². The third-order valence-corrected chi connectivity index (χ3v) is 6.97. The molecule has 0 radical (unpaired) electrons. The van der Waals surface area contributed by atoms with Gasteiger partial charge in [-0.3, -0.25) is 14.2 Å². The molecule has 18 heteroatoms. The summed E-state index contributed by atoms with van der Waals surface area (Å²) in [6.07, 6.45) is -7.40. The van der Waals surface area contributed by atoms with Crippen LogP contribution in [0.5, 0.6) is 0 Å². The van der Waals surface area contributed by atoms with E-state index in [2.05, 4.69) is 25.4 Å². The van der Waals surface area contributed by atoms with Crippen LogP contribution in [0.2, 0.25) is 0 Å². The largest absolute Gasteiger partial charge is 0.423 e. The Bertz CT molecular complexity index is 1820. The maximum Gasteiger partial charge on any atom is 0.423 e. The maximum absolute atomic E-state index is 15.2. The molecule has 1 aliphatic rings. The number of halogens is 7. The summed E-state index contributed by atoms with van der Waals surface area (Å²) < 4.78 is 96.8. The fourth-order valence-corrected chi connectivity index (χ4v) is 4.78. The molecule has 3 aromatic heterocycles. The smallest absolute Gasteiger partial charge is 0.389 e. The van der Waals surface area contributed by atoms with Crippen LogP contribution in [0.3, 0.4) is 0 Å². The zero-order valence-electron chi connectivity index (χ0n) is 22.7. The highest BCUT2D eigenvalue weighted by atomic mass is 19.4. The van der Waals surface area contributed by atoms with Crippen molar-refractivity contribution in [3.63, 3.8) is 0 Å². The summed E-state index contributed by atoms with van der Waals surface area (Å²) in [6.45, 7) is 1.48. The van der Waals surface area contributed by atoms with Gasteiger partial charge in [0.2, 0.25) is 0 Å². The molecule has 44 heavy (non-hydrogen) atoms. The van der Waals surface area contributed by atoms with E-state index in [-0.39, 0.29) is 54.8 Å². The van der Waals surface area contributed by atoms with Gasteiger partial charge in [-0.15, -0.1) is 0 Å². The van der Waals surface area contributed by atoms with Crippen LogP contribution in [-0.2, 0) is 18.9 Å². The molecule has 0 saturated carbocycles. The second kappa shape index (κ2) is 11.5. The van der Waals surface area contributed by atoms with Gasteiger partial charge in [0, 0.05) is 31.9 Å². The molecule has 5 rings (SSSR count). The van der Waals surface area contributed by atoms with Crippen LogP contribution >= 0.6 is 0 Å². The van der Waals surface area contributed by atoms with Crippen molar-refractivity contribution in [2.45, 2.75) is 50.8 Å². The Hall–Kier alpha value is -4.61. The molecule has 234 valence electrons. The van der Waals surface area contributed by atoms with Crippen LogP contribution in [0.25, 0.3) is 22.3 Å². The number of aromatic amines is 1. The number of aromatic nitrogens is 6. The molecule has 1 fully saturated rings. The number of hydrogen-bond donors (Lipinski definition) is 3. The summed E-state index contributed by atoms with van der Waals surface area (Å²) in [7, 11) is 0. The minimum Gasteiger partial charge on any atom is -0.389 e. The number of nitrogens with one attached hydrogen (secondary N) is 2. The van der Waals surface area contributed by atoms with E-state index in [1.54, 1.807) is 12.0 Å². The van der Waals surface area contributed by atoms with Crippen molar-refractivity contribution < 1.29 is 35.8 Å². The summed E-state index contributed by atoms with van der Waals surface area (Å²) in [6, 6.07) is 1.47. The number of rotatable bonds is 8. The molecule has 3 N–H and O–H groups in total. The second-order valence-corrected chi connectivity index (χ2v) is 10.3. The number of aliphatic hydroxyl groups excluding tert-OH is 1. The molecule has 1 saturated heterocycles. The topological polar surface area (TPSA) is 142 Å². The van der Waals surface area contributed by atoms with Crippen molar-refractivity contribution in [1.29, 1.82) is 0 Å². The number of fused-ring (bicyclic) bond motifs is 1. The average Bonchev–Trinajstić information content (AvgIpc) is 2.91. The van der Waals surface area contributed by atoms with Crippen molar-refractivity contribution in [2.75, 3.05) is 23.3 Å². The van der Waals surface area contributed by atoms with Gasteiger partial charge in [0.25, 0.3) is 11.1 Å². The normalized spacial score (nSPS) is 15.0. The number of alkyl halides is 6. The fraction of sp³-hybridized carbons (Fsp3) is 0.385. The maximum atomic E-state index is 15.2. The number of aryl methyl sites for hydroxylation is 1. The average molecular weight is 629 g/mol. The van der Waals surface area contributed by atoms with Gasteiger partial charge in [-0.25, -0.2) is 24.4 Å². The van der Waals surface area contributed by atoms with Gasteiger partial charge in [0.15, 0.2) is 5.82 Å². The summed E-state index contributed by atoms with van der Waals surface area (Å²) in [5, 5.41) is 17.2. The molecule has 1 atom stereocenters. The Morgan fingerprint density at radius 1 is 1.09 bits per heavy atom. The number of hydrogen-bond acceptors (Lipinski definition) is 9. The van der Waals surface area contributed by atoms with Crippen molar-refractivity contribution in [1.82, 2.24) is 29.7 Å². The van der Waals surface area contributed by atoms with Crippen molar-refractivity contribution >= 4 is 22.4 Å². The number of anilines is 2. The lowest BCUT2D eigenvalue weighted by molar-refractivity contribution is -0.138. The van der Waals surface area contributed by atoms with E-state index in [1.165, 1.54) is 15.8 Å². The zero-order valence-corrected chi connectivity index (χ0v) is 22.7. The third kappa shape index (κ3) is 6.20. The quantitative estimate of drug-likeness (QED) is 0.250. The first-order valence-electron chi connectivity index (χ1n) is 13.1. The first-order chi connectivity index (χ1) is 20.6. The molecule has 0 amide bonds. The van der Waals surface area contributed by atoms with Crippen LogP contribution in [0.1, 0.15) is 30.9 Å². The van der Waals surface area contributed by atoms with Crippen LogP contribution in [0.15, 0.2) is 40.4 Å². The predicted molar refractivity (Wildman–Crippen MR) is 142 cm³/mol. The first-order valence-corrected chi connectivity index (χ1v) is 13.1. The lowest BCUT2D eigenvalue weighted by Crippen LogP contribution is -2.51. The van der Waals surface area contributed by atoms with Crippen LogP contribution in [-0.4, -0.2) is 60.1 Å². The van der Waals surface area contributed by atoms with E-state index >= 15 is 4.39 Å². The van der Waals surface area contributed by atoms with Crippen molar-refractivity contribution in [2.24, 2.45) is 0 Å². The van der Waals surface area contributed by atoms with E-state index in [0.29, 0.717) is 6.20 Å². The van der Waals surface area contributed by atoms with Gasteiger partial charge in [0.05, 0.1) is 40.8 Å².